The molecule has 0 saturated heterocycles. The van der Waals surface area contributed by atoms with Gasteiger partial charge in [-0.15, -0.1) is 0 Å². The van der Waals surface area contributed by atoms with E-state index in [0.717, 1.165) is 21.7 Å². The summed E-state index contributed by atoms with van der Waals surface area (Å²) < 4.78 is 24.7. The van der Waals surface area contributed by atoms with Crippen molar-refractivity contribution in [2.24, 2.45) is 5.10 Å². The molecule has 0 aliphatic carbocycles. The maximum atomic E-state index is 13.9. The first-order chi connectivity index (χ1) is 21.6. The Hall–Kier alpha value is -5.60. The summed E-state index contributed by atoms with van der Waals surface area (Å²) in [6, 6.07) is 31.9. The van der Waals surface area contributed by atoms with Crippen LogP contribution in [0.5, 0.6) is 17.2 Å². The molecular formula is C35H22ClN3O5. The Morgan fingerprint density at radius 1 is 0.864 bits per heavy atom. The van der Waals surface area contributed by atoms with E-state index in [2.05, 4.69) is 0 Å². The van der Waals surface area contributed by atoms with Crippen molar-refractivity contribution in [2.75, 3.05) is 6.79 Å². The fourth-order valence-electron chi connectivity index (χ4n) is 5.36. The minimum Gasteiger partial charge on any atom is -0.488 e. The molecular weight excluding hydrogens is 578 g/mol. The zero-order chi connectivity index (χ0) is 29.6. The molecule has 3 heterocycles. The molecule has 0 amide bonds. The molecule has 44 heavy (non-hydrogen) atoms. The summed E-state index contributed by atoms with van der Waals surface area (Å²) >= 11 is 6.22. The van der Waals surface area contributed by atoms with Gasteiger partial charge in [0.2, 0.25) is 12.6 Å². The van der Waals surface area contributed by atoms with Crippen molar-refractivity contribution in [1.29, 1.82) is 0 Å². The van der Waals surface area contributed by atoms with E-state index < -0.39 is 0 Å². The van der Waals surface area contributed by atoms with Gasteiger partial charge in [-0.2, -0.15) is 9.78 Å². The van der Waals surface area contributed by atoms with E-state index in [0.29, 0.717) is 56.7 Å². The van der Waals surface area contributed by atoms with E-state index in [1.54, 1.807) is 42.6 Å². The average Bonchev–Trinajstić information content (AvgIpc) is 3.70. The number of halogens is 1. The van der Waals surface area contributed by atoms with Gasteiger partial charge < -0.3 is 18.6 Å². The van der Waals surface area contributed by atoms with Crippen molar-refractivity contribution >= 4 is 50.5 Å². The molecule has 214 valence electrons. The molecule has 1 aliphatic rings. The van der Waals surface area contributed by atoms with E-state index >= 15 is 0 Å². The van der Waals surface area contributed by atoms with Crippen LogP contribution in [0.3, 0.4) is 0 Å². The highest BCUT2D eigenvalue weighted by Crippen LogP contribution is 2.34. The molecule has 0 bridgehead atoms. The van der Waals surface area contributed by atoms with E-state index in [4.69, 9.17) is 40.3 Å². The molecule has 0 atom stereocenters. The van der Waals surface area contributed by atoms with E-state index in [1.807, 2.05) is 66.7 Å². The Balaban J connectivity index is 1.25. The molecule has 2 aromatic heterocycles. The molecule has 0 unspecified atom stereocenters. The van der Waals surface area contributed by atoms with Gasteiger partial charge in [0.05, 0.1) is 17.1 Å². The van der Waals surface area contributed by atoms with Crippen LogP contribution in [-0.2, 0) is 6.61 Å². The normalized spacial score (nSPS) is 12.6. The summed E-state index contributed by atoms with van der Waals surface area (Å²) in [4.78, 5) is 18.7. The Morgan fingerprint density at radius 2 is 1.70 bits per heavy atom. The summed E-state index contributed by atoms with van der Waals surface area (Å²) in [6.07, 6.45) is 1.64. The highest BCUT2D eigenvalue weighted by molar-refractivity contribution is 6.31. The molecule has 0 fully saturated rings. The zero-order valence-electron chi connectivity index (χ0n) is 23.1. The van der Waals surface area contributed by atoms with Crippen LogP contribution in [-0.4, -0.2) is 22.7 Å². The maximum absolute atomic E-state index is 13.9. The number of ether oxygens (including phenoxy) is 3. The minimum atomic E-state index is -0.330. The van der Waals surface area contributed by atoms with Gasteiger partial charge in [-0.3, -0.25) is 4.79 Å². The summed E-state index contributed by atoms with van der Waals surface area (Å²) in [6.45, 7) is 0.498. The summed E-state index contributed by atoms with van der Waals surface area (Å²) in [5.41, 5.74) is 2.47. The lowest BCUT2D eigenvalue weighted by Gasteiger charge is -2.13. The number of rotatable bonds is 6. The van der Waals surface area contributed by atoms with Crippen molar-refractivity contribution in [3.05, 3.63) is 130 Å². The topological polar surface area (TPSA) is 88.1 Å². The first-order valence-corrected chi connectivity index (χ1v) is 14.3. The number of hydrogen-bond donors (Lipinski definition) is 0. The Kier molecular flexibility index (Phi) is 6.27. The second-order valence-corrected chi connectivity index (χ2v) is 10.7. The molecule has 0 spiro atoms. The number of fused-ring (bicyclic) bond motifs is 4. The highest BCUT2D eigenvalue weighted by Gasteiger charge is 2.18. The van der Waals surface area contributed by atoms with Gasteiger partial charge in [-0.25, -0.2) is 4.98 Å². The van der Waals surface area contributed by atoms with E-state index in [-0.39, 0.29) is 18.2 Å². The van der Waals surface area contributed by atoms with Crippen molar-refractivity contribution in [3.8, 4) is 28.8 Å². The lowest BCUT2D eigenvalue weighted by atomic mass is 10.0. The molecule has 8 nitrogen and oxygen atoms in total. The molecule has 1 aliphatic heterocycles. The first kappa shape index (κ1) is 26.1. The standard InChI is InChI=1S/C35H22ClN3O5/c36-24-11-14-29-23(16-24)17-33(44-29)34-38-28-8-4-3-7-26(28)35(40)39(34)37-18-27-25-6-2-1-5-22(25)10-13-30(27)41-19-21-9-12-31-32(15-21)43-20-42-31/h1-18H,19-20H2. The minimum absolute atomic E-state index is 0.206. The van der Waals surface area contributed by atoms with E-state index in [1.165, 1.54) is 4.68 Å². The monoisotopic (exact) mass is 599 g/mol. The molecule has 0 saturated carbocycles. The number of benzene rings is 5. The summed E-state index contributed by atoms with van der Waals surface area (Å²) in [7, 11) is 0. The Morgan fingerprint density at radius 3 is 2.64 bits per heavy atom. The number of para-hydroxylation sites is 1. The Bertz CT molecular complexity index is 2320. The second-order valence-electron chi connectivity index (χ2n) is 10.3. The van der Waals surface area contributed by atoms with Gasteiger partial charge in [-0.1, -0.05) is 60.1 Å². The van der Waals surface area contributed by atoms with Crippen LogP contribution < -0.4 is 19.8 Å². The number of furan rings is 1. The predicted octanol–water partition coefficient (Wildman–Crippen LogP) is 7.81. The number of hydrogen-bond acceptors (Lipinski definition) is 7. The SMILES string of the molecule is O=c1c2ccccc2nc(-c2cc3cc(Cl)ccc3o2)n1N=Cc1c(OCc2ccc3c(c2)OCO3)ccc2ccccc12. The molecule has 8 rings (SSSR count). The molecule has 9 heteroatoms. The third kappa shape index (κ3) is 4.62. The third-order valence-electron chi connectivity index (χ3n) is 7.52. The van der Waals surface area contributed by atoms with Crippen LogP contribution in [0.4, 0.5) is 0 Å². The van der Waals surface area contributed by atoms with Crippen molar-refractivity contribution < 1.29 is 18.6 Å². The average molecular weight is 600 g/mol. The molecule has 0 N–H and O–H groups in total. The predicted molar refractivity (Wildman–Crippen MR) is 170 cm³/mol. The van der Waals surface area contributed by atoms with Crippen molar-refractivity contribution in [2.45, 2.75) is 6.61 Å². The van der Waals surface area contributed by atoms with Gasteiger partial charge >= 0.3 is 0 Å². The highest BCUT2D eigenvalue weighted by atomic mass is 35.5. The van der Waals surface area contributed by atoms with Crippen LogP contribution in [0.15, 0.2) is 117 Å². The number of nitrogens with zero attached hydrogens (tertiary/aromatic N) is 3. The van der Waals surface area contributed by atoms with Gasteiger partial charge in [0.15, 0.2) is 17.3 Å². The van der Waals surface area contributed by atoms with Gasteiger partial charge in [0.25, 0.3) is 5.56 Å². The van der Waals surface area contributed by atoms with Gasteiger partial charge in [0, 0.05) is 16.0 Å². The fraction of sp³-hybridized carbons (Fsp3) is 0.0571. The largest absolute Gasteiger partial charge is 0.488 e. The zero-order valence-corrected chi connectivity index (χ0v) is 23.8. The quantitative estimate of drug-likeness (QED) is 0.181. The Labute approximate surface area is 255 Å². The van der Waals surface area contributed by atoms with E-state index in [9.17, 15) is 4.79 Å². The number of aromatic nitrogens is 2. The lowest BCUT2D eigenvalue weighted by molar-refractivity contribution is 0.174. The molecule has 5 aromatic carbocycles. The molecule has 0 radical (unpaired) electrons. The van der Waals surface area contributed by atoms with Gasteiger partial charge in [0.1, 0.15) is 17.9 Å². The van der Waals surface area contributed by atoms with Crippen LogP contribution >= 0.6 is 11.6 Å². The fourth-order valence-corrected chi connectivity index (χ4v) is 5.54. The summed E-state index contributed by atoms with van der Waals surface area (Å²) in [5.74, 6) is 2.66. The lowest BCUT2D eigenvalue weighted by Crippen LogP contribution is -2.20. The second kappa shape index (κ2) is 10.6. The molecule has 7 aromatic rings. The van der Waals surface area contributed by atoms with Crippen LogP contribution in [0.25, 0.3) is 44.2 Å². The smallest absolute Gasteiger partial charge is 0.282 e. The van der Waals surface area contributed by atoms with Crippen molar-refractivity contribution in [1.82, 2.24) is 9.66 Å². The van der Waals surface area contributed by atoms with Crippen molar-refractivity contribution in [3.63, 3.8) is 0 Å². The maximum Gasteiger partial charge on any atom is 0.282 e. The van der Waals surface area contributed by atoms with Gasteiger partial charge in [-0.05, 0) is 70.9 Å². The van der Waals surface area contributed by atoms with Crippen LogP contribution in [0.2, 0.25) is 5.02 Å². The van der Waals surface area contributed by atoms with Crippen LogP contribution in [0.1, 0.15) is 11.1 Å². The first-order valence-electron chi connectivity index (χ1n) is 13.9. The summed E-state index contributed by atoms with van der Waals surface area (Å²) in [5, 5.41) is 8.44. The third-order valence-corrected chi connectivity index (χ3v) is 7.75. The van der Waals surface area contributed by atoms with Crippen LogP contribution in [0, 0.1) is 0 Å².